The Hall–Kier alpha value is -1.92. The van der Waals surface area contributed by atoms with Crippen molar-refractivity contribution in [1.82, 2.24) is 9.80 Å². The minimum Gasteiger partial charge on any atom is -0.492 e. The Morgan fingerprint density at radius 1 is 1.14 bits per heavy atom. The summed E-state index contributed by atoms with van der Waals surface area (Å²) in [5, 5.41) is 8.94. The highest BCUT2D eigenvalue weighted by Gasteiger charge is 2.35. The number of hydrogen-bond acceptors (Lipinski definition) is 5. The number of β-amino-alcohol motifs (C(OH)–C–C–N with tert-alkyl or cyclic N) is 1. The van der Waals surface area contributed by atoms with Gasteiger partial charge >= 0.3 is 0 Å². The first-order valence-corrected chi connectivity index (χ1v) is 7.58. The van der Waals surface area contributed by atoms with Crippen LogP contribution in [0.4, 0.5) is 0 Å². The summed E-state index contributed by atoms with van der Waals surface area (Å²) < 4.78 is 5.67. The standard InChI is InChI=1S/C16H22N2O4/c1-3-17(4-2)8-10-22-12-5-6-13-14(11-12)16(21)18(7-9-19)15(13)20/h5-6,11,19H,3-4,7-10H2,1-2H3. The number of aliphatic hydroxyl groups excluding tert-OH is 1. The maximum atomic E-state index is 12.2. The van der Waals surface area contributed by atoms with Crippen molar-refractivity contribution in [2.24, 2.45) is 0 Å². The molecule has 0 aliphatic carbocycles. The molecule has 2 amide bonds. The van der Waals surface area contributed by atoms with Gasteiger partial charge in [0, 0.05) is 6.54 Å². The smallest absolute Gasteiger partial charge is 0.261 e. The number of rotatable bonds is 8. The molecule has 0 atom stereocenters. The number of amides is 2. The van der Waals surface area contributed by atoms with E-state index in [4.69, 9.17) is 9.84 Å². The predicted octanol–water partition coefficient (Wildman–Crippen LogP) is 0.996. The number of nitrogens with zero attached hydrogens (tertiary/aromatic N) is 2. The molecule has 22 heavy (non-hydrogen) atoms. The Labute approximate surface area is 130 Å². The van der Waals surface area contributed by atoms with E-state index in [-0.39, 0.29) is 25.0 Å². The fourth-order valence-corrected chi connectivity index (χ4v) is 2.50. The van der Waals surface area contributed by atoms with Gasteiger partial charge in [-0.05, 0) is 31.3 Å². The van der Waals surface area contributed by atoms with Gasteiger partial charge in [-0.3, -0.25) is 14.5 Å². The van der Waals surface area contributed by atoms with Gasteiger partial charge in [-0.1, -0.05) is 13.8 Å². The molecule has 0 saturated carbocycles. The van der Waals surface area contributed by atoms with Gasteiger partial charge in [-0.15, -0.1) is 0 Å². The lowest BCUT2D eigenvalue weighted by Crippen LogP contribution is -2.32. The van der Waals surface area contributed by atoms with E-state index in [0.29, 0.717) is 23.5 Å². The highest BCUT2D eigenvalue weighted by atomic mass is 16.5. The van der Waals surface area contributed by atoms with Crippen LogP contribution >= 0.6 is 0 Å². The highest BCUT2D eigenvalue weighted by Crippen LogP contribution is 2.26. The summed E-state index contributed by atoms with van der Waals surface area (Å²) in [7, 11) is 0. The van der Waals surface area contributed by atoms with Crippen LogP contribution in [0, 0.1) is 0 Å². The van der Waals surface area contributed by atoms with E-state index in [1.807, 2.05) is 0 Å². The Kier molecular flexibility index (Phi) is 5.51. The number of carbonyl (C=O) groups is 2. The van der Waals surface area contributed by atoms with Crippen LogP contribution in [0.2, 0.25) is 0 Å². The second kappa shape index (κ2) is 7.38. The molecule has 0 radical (unpaired) electrons. The lowest BCUT2D eigenvalue weighted by Gasteiger charge is -2.18. The molecule has 1 heterocycles. The van der Waals surface area contributed by atoms with Gasteiger partial charge in [-0.25, -0.2) is 0 Å². The summed E-state index contributed by atoms with van der Waals surface area (Å²) in [4.78, 5) is 27.5. The Balaban J connectivity index is 2.04. The third kappa shape index (κ3) is 3.28. The third-order valence-electron chi connectivity index (χ3n) is 3.84. The van der Waals surface area contributed by atoms with Crippen molar-refractivity contribution < 1.29 is 19.4 Å². The van der Waals surface area contributed by atoms with Crippen LogP contribution in [0.5, 0.6) is 5.75 Å². The number of benzene rings is 1. The van der Waals surface area contributed by atoms with Crippen LogP contribution in [0.25, 0.3) is 0 Å². The van der Waals surface area contributed by atoms with E-state index >= 15 is 0 Å². The largest absolute Gasteiger partial charge is 0.492 e. The lowest BCUT2D eigenvalue weighted by atomic mass is 10.1. The SMILES string of the molecule is CCN(CC)CCOc1ccc2c(c1)C(=O)N(CCO)C2=O. The molecule has 1 aromatic rings. The molecule has 0 unspecified atom stereocenters. The van der Waals surface area contributed by atoms with Gasteiger partial charge in [0.05, 0.1) is 24.3 Å². The molecule has 0 saturated heterocycles. The highest BCUT2D eigenvalue weighted by molar-refractivity contribution is 6.21. The van der Waals surface area contributed by atoms with E-state index in [1.165, 1.54) is 0 Å². The molecule has 6 heteroatoms. The average molecular weight is 306 g/mol. The first kappa shape index (κ1) is 16.5. The summed E-state index contributed by atoms with van der Waals surface area (Å²) in [6.07, 6.45) is 0. The van der Waals surface area contributed by atoms with Crippen molar-refractivity contribution in [2.75, 3.05) is 39.4 Å². The number of ether oxygens (including phenoxy) is 1. The van der Waals surface area contributed by atoms with Gasteiger partial charge in [0.25, 0.3) is 11.8 Å². The fourth-order valence-electron chi connectivity index (χ4n) is 2.50. The molecule has 1 aromatic carbocycles. The predicted molar refractivity (Wildman–Crippen MR) is 82.2 cm³/mol. The van der Waals surface area contributed by atoms with Crippen molar-refractivity contribution in [3.63, 3.8) is 0 Å². The topological polar surface area (TPSA) is 70.1 Å². The molecule has 6 nitrogen and oxygen atoms in total. The molecule has 120 valence electrons. The minimum atomic E-state index is -0.372. The van der Waals surface area contributed by atoms with Crippen molar-refractivity contribution in [2.45, 2.75) is 13.8 Å². The quantitative estimate of drug-likeness (QED) is 0.726. The van der Waals surface area contributed by atoms with Gasteiger partial charge in [-0.2, -0.15) is 0 Å². The Bertz CT molecular complexity index is 555. The molecule has 1 aliphatic rings. The van der Waals surface area contributed by atoms with E-state index in [9.17, 15) is 9.59 Å². The van der Waals surface area contributed by atoms with Crippen LogP contribution in [-0.2, 0) is 0 Å². The Morgan fingerprint density at radius 2 is 1.82 bits per heavy atom. The fraction of sp³-hybridized carbons (Fsp3) is 0.500. The van der Waals surface area contributed by atoms with Gasteiger partial charge in [0.2, 0.25) is 0 Å². The summed E-state index contributed by atoms with van der Waals surface area (Å²) >= 11 is 0. The van der Waals surface area contributed by atoms with Gasteiger partial charge in [0.15, 0.2) is 0 Å². The van der Waals surface area contributed by atoms with E-state index in [0.717, 1.165) is 24.5 Å². The first-order valence-electron chi connectivity index (χ1n) is 7.58. The van der Waals surface area contributed by atoms with Crippen molar-refractivity contribution in [3.8, 4) is 5.75 Å². The molecule has 2 rings (SSSR count). The maximum Gasteiger partial charge on any atom is 0.261 e. The zero-order chi connectivity index (χ0) is 16.1. The molecule has 0 fully saturated rings. The van der Waals surface area contributed by atoms with Gasteiger partial charge < -0.3 is 14.7 Å². The van der Waals surface area contributed by atoms with Crippen molar-refractivity contribution in [1.29, 1.82) is 0 Å². The van der Waals surface area contributed by atoms with E-state index in [1.54, 1.807) is 18.2 Å². The number of likely N-dealkylation sites (N-methyl/N-ethyl adjacent to an activating group) is 1. The zero-order valence-electron chi connectivity index (χ0n) is 13.0. The molecule has 0 aromatic heterocycles. The Morgan fingerprint density at radius 3 is 2.45 bits per heavy atom. The molecule has 0 spiro atoms. The molecule has 1 N–H and O–H groups in total. The van der Waals surface area contributed by atoms with Crippen LogP contribution in [0.1, 0.15) is 34.6 Å². The molecule has 1 aliphatic heterocycles. The lowest BCUT2D eigenvalue weighted by molar-refractivity contribution is 0.0624. The normalized spacial score (nSPS) is 13.9. The summed E-state index contributed by atoms with van der Waals surface area (Å²) in [5.74, 6) is -0.148. The first-order chi connectivity index (χ1) is 10.6. The summed E-state index contributed by atoms with van der Waals surface area (Å²) in [6.45, 7) is 7.25. The van der Waals surface area contributed by atoms with Crippen LogP contribution in [0.15, 0.2) is 18.2 Å². The molecular formula is C16H22N2O4. The van der Waals surface area contributed by atoms with Crippen LogP contribution in [-0.4, -0.2) is 66.1 Å². The molecular weight excluding hydrogens is 284 g/mol. The summed E-state index contributed by atoms with van der Waals surface area (Å²) in [5.41, 5.74) is 0.716. The van der Waals surface area contributed by atoms with Gasteiger partial charge in [0.1, 0.15) is 12.4 Å². The second-order valence-corrected chi connectivity index (χ2v) is 5.07. The minimum absolute atomic E-state index is 0.0184. The van der Waals surface area contributed by atoms with Crippen molar-refractivity contribution >= 4 is 11.8 Å². The number of carbonyl (C=O) groups excluding carboxylic acids is 2. The van der Waals surface area contributed by atoms with E-state index < -0.39 is 0 Å². The second-order valence-electron chi connectivity index (χ2n) is 5.07. The number of imide groups is 1. The van der Waals surface area contributed by atoms with Crippen LogP contribution < -0.4 is 4.74 Å². The average Bonchev–Trinajstić information content (AvgIpc) is 2.77. The summed E-state index contributed by atoms with van der Waals surface area (Å²) in [6, 6.07) is 4.92. The third-order valence-corrected chi connectivity index (χ3v) is 3.84. The number of fused-ring (bicyclic) bond motifs is 1. The zero-order valence-corrected chi connectivity index (χ0v) is 13.0. The number of aliphatic hydroxyl groups is 1. The van der Waals surface area contributed by atoms with E-state index in [2.05, 4.69) is 18.7 Å². The number of hydrogen-bond donors (Lipinski definition) is 1. The molecule has 0 bridgehead atoms. The maximum absolute atomic E-state index is 12.2. The van der Waals surface area contributed by atoms with Crippen molar-refractivity contribution in [3.05, 3.63) is 29.3 Å². The van der Waals surface area contributed by atoms with Crippen LogP contribution in [0.3, 0.4) is 0 Å². The monoisotopic (exact) mass is 306 g/mol.